The number of carbonyl (C=O) groups is 2. The number of esters is 1. The molecule has 24 heavy (non-hydrogen) atoms. The molecule has 7 nitrogen and oxygen atoms in total. The Morgan fingerprint density at radius 1 is 1.42 bits per heavy atom. The Morgan fingerprint density at radius 3 is 2.88 bits per heavy atom. The largest absolute Gasteiger partial charge is 0.462 e. The number of ether oxygens (including phenoxy) is 1. The Morgan fingerprint density at radius 2 is 2.21 bits per heavy atom. The zero-order valence-corrected chi connectivity index (χ0v) is 14.9. The highest BCUT2D eigenvalue weighted by molar-refractivity contribution is 7.99. The lowest BCUT2D eigenvalue weighted by atomic mass is 10.2. The zero-order chi connectivity index (χ0) is 17.5. The van der Waals surface area contributed by atoms with Gasteiger partial charge < -0.3 is 15.0 Å². The lowest BCUT2D eigenvalue weighted by Crippen LogP contribution is -2.16. The van der Waals surface area contributed by atoms with Crippen molar-refractivity contribution in [3.63, 3.8) is 0 Å². The van der Waals surface area contributed by atoms with Crippen LogP contribution in [0.2, 0.25) is 0 Å². The summed E-state index contributed by atoms with van der Waals surface area (Å²) in [6, 6.07) is 3.04. The number of rotatable bonds is 7. The van der Waals surface area contributed by atoms with Gasteiger partial charge in [0.05, 0.1) is 17.9 Å². The van der Waals surface area contributed by atoms with Crippen molar-refractivity contribution >= 4 is 40.0 Å². The van der Waals surface area contributed by atoms with Crippen molar-refractivity contribution in [1.82, 2.24) is 9.97 Å². The Bertz CT molecular complexity index is 785. The topological polar surface area (TPSA) is 101 Å². The van der Waals surface area contributed by atoms with Crippen LogP contribution in [0.1, 0.15) is 29.1 Å². The van der Waals surface area contributed by atoms with Crippen molar-refractivity contribution in [3.05, 3.63) is 39.1 Å². The molecule has 1 amide bonds. The van der Waals surface area contributed by atoms with Crippen LogP contribution in [0.4, 0.5) is 5.00 Å². The van der Waals surface area contributed by atoms with Gasteiger partial charge >= 0.3 is 5.97 Å². The molecule has 2 N–H and O–H groups in total. The molecule has 9 heteroatoms. The van der Waals surface area contributed by atoms with Crippen LogP contribution in [0.15, 0.2) is 28.3 Å². The van der Waals surface area contributed by atoms with Gasteiger partial charge in [-0.25, -0.2) is 9.78 Å². The Hall–Kier alpha value is -2.13. The third kappa shape index (κ3) is 4.93. The minimum absolute atomic E-state index is 0.0641. The summed E-state index contributed by atoms with van der Waals surface area (Å²) in [6.45, 7) is 3.97. The molecule has 0 unspecified atom stereocenters. The van der Waals surface area contributed by atoms with Crippen molar-refractivity contribution in [2.75, 3.05) is 17.7 Å². The highest BCUT2D eigenvalue weighted by atomic mass is 32.2. The molecule has 0 aliphatic heterocycles. The number of anilines is 1. The number of H-pyrrole nitrogens is 1. The molecule has 128 valence electrons. The number of aromatic nitrogens is 2. The summed E-state index contributed by atoms with van der Waals surface area (Å²) in [5.41, 5.74) is 0.0895. The van der Waals surface area contributed by atoms with Crippen molar-refractivity contribution in [2.45, 2.75) is 25.4 Å². The fourth-order valence-electron chi connectivity index (χ4n) is 1.79. The van der Waals surface area contributed by atoms with Gasteiger partial charge in [0, 0.05) is 17.1 Å². The lowest BCUT2D eigenvalue weighted by Gasteiger charge is -2.05. The van der Waals surface area contributed by atoms with E-state index in [4.69, 9.17) is 4.74 Å². The predicted molar refractivity (Wildman–Crippen MR) is 93.9 cm³/mol. The molecule has 0 saturated carbocycles. The minimum atomic E-state index is -0.453. The second-order valence-electron chi connectivity index (χ2n) is 4.61. The van der Waals surface area contributed by atoms with Crippen molar-refractivity contribution < 1.29 is 14.3 Å². The van der Waals surface area contributed by atoms with E-state index in [1.807, 2.05) is 6.92 Å². The van der Waals surface area contributed by atoms with Crippen molar-refractivity contribution in [1.29, 1.82) is 0 Å². The lowest BCUT2D eigenvalue weighted by molar-refractivity contribution is -0.113. The first-order valence-corrected chi connectivity index (χ1v) is 9.11. The van der Waals surface area contributed by atoms with Crippen LogP contribution in [0.25, 0.3) is 0 Å². The van der Waals surface area contributed by atoms with E-state index in [1.165, 1.54) is 23.6 Å². The molecule has 0 spiro atoms. The highest BCUT2D eigenvalue weighted by Gasteiger charge is 2.18. The number of nitrogens with zero attached hydrogens (tertiary/aromatic N) is 1. The predicted octanol–water partition coefficient (Wildman–Crippen LogP) is 2.30. The molecule has 2 aromatic heterocycles. The molecule has 0 fully saturated rings. The number of thiophene rings is 1. The van der Waals surface area contributed by atoms with E-state index in [-0.39, 0.29) is 23.8 Å². The number of thioether (sulfide) groups is 1. The van der Waals surface area contributed by atoms with Crippen LogP contribution in [0.3, 0.4) is 0 Å². The molecule has 0 atom stereocenters. The first-order valence-electron chi connectivity index (χ1n) is 7.31. The summed E-state index contributed by atoms with van der Waals surface area (Å²) in [7, 11) is 0. The fraction of sp³-hybridized carbons (Fsp3) is 0.333. The number of nitrogens with one attached hydrogen (secondary N) is 2. The molecule has 0 aliphatic rings. The Kier molecular flexibility index (Phi) is 6.56. The minimum Gasteiger partial charge on any atom is -0.462 e. The van der Waals surface area contributed by atoms with Gasteiger partial charge in [0.25, 0.3) is 5.56 Å². The van der Waals surface area contributed by atoms with Crippen LogP contribution in [0, 0.1) is 0 Å². The second-order valence-corrected chi connectivity index (χ2v) is 6.71. The zero-order valence-electron chi connectivity index (χ0n) is 13.3. The monoisotopic (exact) mass is 367 g/mol. The molecule has 2 heterocycles. The number of amides is 1. The van der Waals surface area contributed by atoms with E-state index in [9.17, 15) is 14.4 Å². The molecule has 2 rings (SSSR count). The SMILES string of the molecule is CCOC(=O)c1cc(CC)sc1NC(=O)CSc1nccc(=O)[nH]1. The van der Waals surface area contributed by atoms with Gasteiger partial charge in [0.1, 0.15) is 5.00 Å². The maximum Gasteiger partial charge on any atom is 0.341 e. The molecular formula is C15H17N3O4S2. The number of hydrogen-bond acceptors (Lipinski definition) is 7. The van der Waals surface area contributed by atoms with E-state index < -0.39 is 5.97 Å². The maximum absolute atomic E-state index is 12.1. The summed E-state index contributed by atoms with van der Waals surface area (Å²) >= 11 is 2.46. The number of carbonyl (C=O) groups excluding carboxylic acids is 2. The number of aromatic amines is 1. The van der Waals surface area contributed by atoms with Gasteiger partial charge in [-0.05, 0) is 19.4 Å². The quantitative estimate of drug-likeness (QED) is 0.442. The van der Waals surface area contributed by atoms with Crippen LogP contribution in [0.5, 0.6) is 0 Å². The number of hydrogen-bond donors (Lipinski definition) is 2. The normalized spacial score (nSPS) is 10.4. The Labute approximate surface area is 146 Å². The van der Waals surface area contributed by atoms with Gasteiger partial charge in [-0.2, -0.15) is 0 Å². The van der Waals surface area contributed by atoms with E-state index in [0.29, 0.717) is 15.7 Å². The second kappa shape index (κ2) is 8.65. The summed E-state index contributed by atoms with van der Waals surface area (Å²) in [4.78, 5) is 42.7. The molecule has 0 radical (unpaired) electrons. The van der Waals surface area contributed by atoms with Gasteiger partial charge in [0.2, 0.25) is 5.91 Å². The van der Waals surface area contributed by atoms with E-state index in [0.717, 1.165) is 23.1 Å². The van der Waals surface area contributed by atoms with Gasteiger partial charge in [-0.15, -0.1) is 11.3 Å². The smallest absolute Gasteiger partial charge is 0.341 e. The average molecular weight is 367 g/mol. The van der Waals surface area contributed by atoms with Crippen LogP contribution < -0.4 is 10.9 Å². The standard InChI is InChI=1S/C15H17N3O4S2/c1-3-9-7-10(14(21)22-4-2)13(24-9)17-12(20)8-23-15-16-6-5-11(19)18-15/h5-7H,3-4,8H2,1-2H3,(H,17,20)(H,16,18,19). The third-order valence-corrected chi connectivity index (χ3v) is 4.95. The van der Waals surface area contributed by atoms with Crippen molar-refractivity contribution in [3.8, 4) is 0 Å². The van der Waals surface area contributed by atoms with Gasteiger partial charge in [-0.1, -0.05) is 18.7 Å². The maximum atomic E-state index is 12.1. The number of aryl methyl sites for hydroxylation is 1. The molecule has 0 saturated heterocycles. The first kappa shape index (κ1) is 18.2. The van der Waals surface area contributed by atoms with Gasteiger partial charge in [-0.3, -0.25) is 9.59 Å². The van der Waals surface area contributed by atoms with E-state index in [2.05, 4.69) is 15.3 Å². The van der Waals surface area contributed by atoms with Crippen molar-refractivity contribution in [2.24, 2.45) is 0 Å². The molecule has 0 aliphatic carbocycles. The highest BCUT2D eigenvalue weighted by Crippen LogP contribution is 2.29. The van der Waals surface area contributed by atoms with E-state index >= 15 is 0 Å². The Balaban J connectivity index is 2.03. The molecule has 2 aromatic rings. The van der Waals surface area contributed by atoms with E-state index in [1.54, 1.807) is 13.0 Å². The summed E-state index contributed by atoms with van der Waals surface area (Å²) in [5.74, 6) is -0.679. The molecule has 0 aromatic carbocycles. The van der Waals surface area contributed by atoms with Gasteiger partial charge in [0.15, 0.2) is 5.16 Å². The van der Waals surface area contributed by atoms with Crippen LogP contribution in [-0.2, 0) is 16.0 Å². The summed E-state index contributed by atoms with van der Waals surface area (Å²) < 4.78 is 5.01. The molecular weight excluding hydrogens is 350 g/mol. The summed E-state index contributed by atoms with van der Waals surface area (Å²) in [6.07, 6.45) is 2.14. The molecule has 0 bridgehead atoms. The third-order valence-electron chi connectivity index (χ3n) is 2.87. The fourth-order valence-corrected chi connectivity index (χ4v) is 3.44. The van der Waals surface area contributed by atoms with Crippen LogP contribution in [-0.4, -0.2) is 34.2 Å². The first-order chi connectivity index (χ1) is 11.5. The summed E-state index contributed by atoms with van der Waals surface area (Å²) in [5, 5.41) is 3.57. The van der Waals surface area contributed by atoms with Crippen LogP contribution >= 0.6 is 23.1 Å². The average Bonchev–Trinajstić information content (AvgIpc) is 2.96.